The van der Waals surface area contributed by atoms with E-state index in [1.165, 1.54) is 11.8 Å². The van der Waals surface area contributed by atoms with Gasteiger partial charge in [-0.2, -0.15) is 5.26 Å². The Bertz CT molecular complexity index is 662. The van der Waals surface area contributed by atoms with Gasteiger partial charge in [0.05, 0.1) is 17.7 Å². The summed E-state index contributed by atoms with van der Waals surface area (Å²) in [4.78, 5) is 18.7. The van der Waals surface area contributed by atoms with Crippen LogP contribution in [-0.2, 0) is 11.8 Å². The molecular formula is C16H18N4OS. The lowest BCUT2D eigenvalue weighted by Crippen LogP contribution is -2.37. The summed E-state index contributed by atoms with van der Waals surface area (Å²) in [6.07, 6.45) is 3.87. The van der Waals surface area contributed by atoms with Crippen LogP contribution in [0, 0.1) is 11.3 Å². The van der Waals surface area contributed by atoms with Gasteiger partial charge in [-0.1, -0.05) is 30.0 Å². The molecule has 1 heterocycles. The molecule has 2 rings (SSSR count). The maximum atomic E-state index is 12.7. The van der Waals surface area contributed by atoms with Crippen molar-refractivity contribution in [3.8, 4) is 6.07 Å². The Morgan fingerprint density at radius 2 is 2.18 bits per heavy atom. The van der Waals surface area contributed by atoms with Gasteiger partial charge in [0.25, 0.3) is 0 Å². The van der Waals surface area contributed by atoms with Crippen LogP contribution in [0.1, 0.15) is 13.3 Å². The Hall–Kier alpha value is -2.26. The molecule has 5 nitrogen and oxygen atoms in total. The van der Waals surface area contributed by atoms with Gasteiger partial charge in [0.2, 0.25) is 5.91 Å². The molecule has 0 saturated heterocycles. The molecule has 0 N–H and O–H groups in total. The van der Waals surface area contributed by atoms with Crippen LogP contribution < -0.4 is 4.90 Å². The molecule has 0 fully saturated rings. The fraction of sp³-hybridized carbons (Fsp3) is 0.312. The van der Waals surface area contributed by atoms with Gasteiger partial charge in [-0.15, -0.1) is 0 Å². The minimum atomic E-state index is -0.278. The van der Waals surface area contributed by atoms with Crippen LogP contribution in [0.25, 0.3) is 0 Å². The normalized spacial score (nSPS) is 11.7. The van der Waals surface area contributed by atoms with E-state index < -0.39 is 0 Å². The number of carbonyl (C=O) groups is 1. The van der Waals surface area contributed by atoms with Crippen LogP contribution in [0.3, 0.4) is 0 Å². The second kappa shape index (κ2) is 7.66. The molecule has 0 aliphatic rings. The molecule has 2 aromatic rings. The van der Waals surface area contributed by atoms with E-state index >= 15 is 0 Å². The molecule has 22 heavy (non-hydrogen) atoms. The van der Waals surface area contributed by atoms with Crippen molar-refractivity contribution in [3.05, 3.63) is 42.7 Å². The Morgan fingerprint density at radius 1 is 1.45 bits per heavy atom. The topological polar surface area (TPSA) is 61.9 Å². The van der Waals surface area contributed by atoms with Crippen LogP contribution in [0.4, 0.5) is 5.69 Å². The number of aryl methyl sites for hydroxylation is 1. The van der Waals surface area contributed by atoms with E-state index in [1.54, 1.807) is 11.1 Å². The molecule has 0 aliphatic heterocycles. The quantitative estimate of drug-likeness (QED) is 0.769. The van der Waals surface area contributed by atoms with Crippen molar-refractivity contribution in [2.75, 3.05) is 11.4 Å². The van der Waals surface area contributed by atoms with Crippen LogP contribution in [0.15, 0.2) is 47.9 Å². The number of carbonyl (C=O) groups excluding carboxylic acids is 1. The number of imidazole rings is 1. The Balaban J connectivity index is 2.14. The average Bonchev–Trinajstić information content (AvgIpc) is 2.93. The second-order valence-corrected chi connectivity index (χ2v) is 6.12. The van der Waals surface area contributed by atoms with Gasteiger partial charge in [-0.3, -0.25) is 4.79 Å². The molecule has 1 amide bonds. The number of anilines is 1. The SMILES string of the molecule is CC(Sc1nccn1C)C(=O)N(CCC#N)c1ccccc1. The number of nitriles is 1. The lowest BCUT2D eigenvalue weighted by Gasteiger charge is -2.24. The predicted octanol–water partition coefficient (Wildman–Crippen LogP) is 2.85. The Labute approximate surface area is 134 Å². The standard InChI is InChI=1S/C16H18N4OS/c1-13(22-16-18-10-12-19(16)2)15(21)20(11-6-9-17)14-7-4-3-5-8-14/h3-5,7-8,10,12-13H,6,11H2,1-2H3. The third-order valence-corrected chi connectivity index (χ3v) is 4.35. The molecule has 1 aromatic carbocycles. The van der Waals surface area contributed by atoms with Gasteiger partial charge in [0.1, 0.15) is 0 Å². The molecule has 0 saturated carbocycles. The van der Waals surface area contributed by atoms with Crippen LogP contribution >= 0.6 is 11.8 Å². The molecule has 0 aliphatic carbocycles. The number of para-hydroxylation sites is 1. The van der Waals surface area contributed by atoms with Crippen molar-refractivity contribution in [1.82, 2.24) is 9.55 Å². The van der Waals surface area contributed by atoms with Gasteiger partial charge in [0, 0.05) is 31.7 Å². The van der Waals surface area contributed by atoms with E-state index in [2.05, 4.69) is 11.1 Å². The monoisotopic (exact) mass is 314 g/mol. The van der Waals surface area contributed by atoms with Crippen molar-refractivity contribution in [2.24, 2.45) is 7.05 Å². The summed E-state index contributed by atoms with van der Waals surface area (Å²) in [5.74, 6) is -0.0190. The van der Waals surface area contributed by atoms with E-state index in [9.17, 15) is 4.79 Å². The lowest BCUT2D eigenvalue weighted by molar-refractivity contribution is -0.117. The number of hydrogen-bond acceptors (Lipinski definition) is 4. The number of rotatable bonds is 6. The summed E-state index contributed by atoms with van der Waals surface area (Å²) in [6.45, 7) is 2.26. The molecule has 1 aromatic heterocycles. The number of amides is 1. The average molecular weight is 314 g/mol. The second-order valence-electron chi connectivity index (χ2n) is 4.81. The summed E-state index contributed by atoms with van der Waals surface area (Å²) < 4.78 is 1.89. The van der Waals surface area contributed by atoms with Gasteiger partial charge in [-0.05, 0) is 19.1 Å². The lowest BCUT2D eigenvalue weighted by atomic mass is 10.2. The van der Waals surface area contributed by atoms with Crippen LogP contribution in [-0.4, -0.2) is 27.3 Å². The zero-order chi connectivity index (χ0) is 15.9. The third-order valence-electron chi connectivity index (χ3n) is 3.19. The van der Waals surface area contributed by atoms with Crippen molar-refractivity contribution in [3.63, 3.8) is 0 Å². The van der Waals surface area contributed by atoms with Crippen LogP contribution in [0.5, 0.6) is 0 Å². The molecule has 1 atom stereocenters. The number of hydrogen-bond donors (Lipinski definition) is 0. The maximum Gasteiger partial charge on any atom is 0.240 e. The van der Waals surface area contributed by atoms with Crippen molar-refractivity contribution in [1.29, 1.82) is 5.26 Å². The highest BCUT2D eigenvalue weighted by Gasteiger charge is 2.23. The molecule has 0 spiro atoms. The number of nitrogens with zero attached hydrogens (tertiary/aromatic N) is 4. The van der Waals surface area contributed by atoms with Crippen molar-refractivity contribution < 1.29 is 4.79 Å². The number of aromatic nitrogens is 2. The van der Waals surface area contributed by atoms with Gasteiger partial charge in [0.15, 0.2) is 5.16 Å². The summed E-state index contributed by atoms with van der Waals surface area (Å²) >= 11 is 1.42. The van der Waals surface area contributed by atoms with E-state index in [4.69, 9.17) is 5.26 Å². The summed E-state index contributed by atoms with van der Waals surface area (Å²) in [5.41, 5.74) is 0.815. The molecular weight excluding hydrogens is 296 g/mol. The maximum absolute atomic E-state index is 12.7. The van der Waals surface area contributed by atoms with Crippen LogP contribution in [0.2, 0.25) is 0 Å². The van der Waals surface area contributed by atoms with Gasteiger partial charge >= 0.3 is 0 Å². The predicted molar refractivity (Wildman–Crippen MR) is 87.6 cm³/mol. The summed E-state index contributed by atoms with van der Waals surface area (Å²) in [6, 6.07) is 11.5. The first kappa shape index (κ1) is 16.1. The third kappa shape index (κ3) is 3.89. The van der Waals surface area contributed by atoms with Gasteiger partial charge in [-0.25, -0.2) is 4.98 Å². The van der Waals surface area contributed by atoms with E-state index in [1.807, 2.05) is 55.1 Å². The number of thioether (sulfide) groups is 1. The molecule has 0 bridgehead atoms. The summed E-state index contributed by atoms with van der Waals surface area (Å²) in [5, 5.41) is 9.34. The minimum Gasteiger partial charge on any atom is -0.329 e. The highest BCUT2D eigenvalue weighted by atomic mass is 32.2. The fourth-order valence-corrected chi connectivity index (χ4v) is 2.92. The molecule has 6 heteroatoms. The van der Waals surface area contributed by atoms with E-state index in [0.29, 0.717) is 13.0 Å². The Morgan fingerprint density at radius 3 is 2.77 bits per heavy atom. The van der Waals surface area contributed by atoms with Gasteiger partial charge < -0.3 is 9.47 Å². The molecule has 114 valence electrons. The first-order valence-electron chi connectivity index (χ1n) is 7.01. The smallest absolute Gasteiger partial charge is 0.240 e. The molecule has 1 unspecified atom stereocenters. The van der Waals surface area contributed by atoms with E-state index in [0.717, 1.165) is 10.8 Å². The zero-order valence-corrected chi connectivity index (χ0v) is 13.5. The van der Waals surface area contributed by atoms with Crippen molar-refractivity contribution >= 4 is 23.4 Å². The van der Waals surface area contributed by atoms with Crippen molar-refractivity contribution in [2.45, 2.75) is 23.8 Å². The number of benzene rings is 1. The highest BCUT2D eigenvalue weighted by molar-refractivity contribution is 8.00. The zero-order valence-electron chi connectivity index (χ0n) is 12.6. The first-order chi connectivity index (χ1) is 10.6. The minimum absolute atomic E-state index is 0.0190. The first-order valence-corrected chi connectivity index (χ1v) is 7.89. The molecule has 0 radical (unpaired) electrons. The van der Waals surface area contributed by atoms with E-state index in [-0.39, 0.29) is 11.2 Å². The summed E-state index contributed by atoms with van der Waals surface area (Å²) in [7, 11) is 1.90. The highest BCUT2D eigenvalue weighted by Crippen LogP contribution is 2.24. The fourth-order valence-electron chi connectivity index (χ4n) is 2.03. The Kier molecular flexibility index (Phi) is 5.61. The largest absolute Gasteiger partial charge is 0.329 e.